The predicted molar refractivity (Wildman–Crippen MR) is 126 cm³/mol. The topological polar surface area (TPSA) is 0 Å². The van der Waals surface area contributed by atoms with Gasteiger partial charge in [-0.3, -0.25) is 0 Å². The molecule has 0 amide bonds. The van der Waals surface area contributed by atoms with Gasteiger partial charge in [-0.1, -0.05) is 101 Å². The summed E-state index contributed by atoms with van der Waals surface area (Å²) in [4.78, 5) is 0. The Morgan fingerprint density at radius 1 is 0.655 bits per heavy atom. The minimum absolute atomic E-state index is 0.947. The van der Waals surface area contributed by atoms with Crippen molar-refractivity contribution < 1.29 is 0 Å². The predicted octanol–water partition coefficient (Wildman–Crippen LogP) is 7.97. The highest BCUT2D eigenvalue weighted by Gasteiger charge is 2.20. The molecule has 0 nitrogen and oxygen atoms in total. The number of benzene rings is 2. The summed E-state index contributed by atoms with van der Waals surface area (Å²) in [5.74, 6) is 8.56. The fourth-order valence-corrected chi connectivity index (χ4v) is 4.59. The monoisotopic (exact) mass is 386 g/mol. The minimum Gasteiger partial charge on any atom is -0.0654 e. The highest BCUT2D eigenvalue weighted by Crippen LogP contribution is 2.34. The van der Waals surface area contributed by atoms with Crippen LogP contribution < -0.4 is 0 Å². The van der Waals surface area contributed by atoms with E-state index in [1.807, 2.05) is 0 Å². The number of aryl methyl sites for hydroxylation is 2. The Morgan fingerprint density at radius 2 is 1.17 bits per heavy atom. The molecule has 0 unspecified atom stereocenters. The third kappa shape index (κ3) is 7.40. The second-order valence-electron chi connectivity index (χ2n) is 8.92. The molecule has 0 aliphatic heterocycles. The van der Waals surface area contributed by atoms with Crippen LogP contribution in [0.5, 0.6) is 0 Å². The highest BCUT2D eigenvalue weighted by molar-refractivity contribution is 5.44. The lowest BCUT2D eigenvalue weighted by Gasteiger charge is -2.28. The molecular formula is C29H38. The second-order valence-corrected chi connectivity index (χ2v) is 8.92. The first-order valence-electron chi connectivity index (χ1n) is 12.0. The molecule has 2 aromatic rings. The maximum Gasteiger partial charge on any atom is 0.0249 e. The molecule has 0 radical (unpaired) electrons. The van der Waals surface area contributed by atoms with Crippen LogP contribution in [0.3, 0.4) is 0 Å². The van der Waals surface area contributed by atoms with Crippen molar-refractivity contribution in [2.75, 3.05) is 0 Å². The summed E-state index contributed by atoms with van der Waals surface area (Å²) in [6, 6.07) is 17.5. The van der Waals surface area contributed by atoms with Gasteiger partial charge in [0.05, 0.1) is 0 Å². The maximum atomic E-state index is 3.31. The number of rotatable bonds is 8. The molecule has 1 aliphatic rings. The number of unbranched alkanes of at least 4 members (excludes halogenated alkanes) is 2. The van der Waals surface area contributed by atoms with Gasteiger partial charge >= 0.3 is 0 Å². The van der Waals surface area contributed by atoms with Crippen molar-refractivity contribution >= 4 is 0 Å². The van der Waals surface area contributed by atoms with Crippen LogP contribution in [0.4, 0.5) is 0 Å². The average Bonchev–Trinajstić information content (AvgIpc) is 2.78. The van der Waals surface area contributed by atoms with Gasteiger partial charge in [-0.05, 0) is 66.5 Å². The van der Waals surface area contributed by atoms with Crippen LogP contribution in [-0.2, 0) is 12.8 Å². The zero-order valence-corrected chi connectivity index (χ0v) is 18.6. The van der Waals surface area contributed by atoms with E-state index in [0.29, 0.717) is 0 Å². The van der Waals surface area contributed by atoms with Gasteiger partial charge in [0.25, 0.3) is 0 Å². The van der Waals surface area contributed by atoms with Crippen LogP contribution >= 0.6 is 0 Å². The Morgan fingerprint density at radius 3 is 1.69 bits per heavy atom. The first-order valence-corrected chi connectivity index (χ1v) is 12.0. The number of hydrogen-bond donors (Lipinski definition) is 0. The molecule has 1 fully saturated rings. The second kappa shape index (κ2) is 11.9. The zero-order chi connectivity index (χ0) is 20.3. The van der Waals surface area contributed by atoms with E-state index in [1.54, 1.807) is 0 Å². The SMILES string of the molecule is CCCCC[C@H]1CC[C@H](CCc2ccc(C#Cc3ccc(CC)cc3)cc2)CC1. The molecule has 0 heteroatoms. The first kappa shape index (κ1) is 21.7. The quantitative estimate of drug-likeness (QED) is 0.319. The summed E-state index contributed by atoms with van der Waals surface area (Å²) in [7, 11) is 0. The summed E-state index contributed by atoms with van der Waals surface area (Å²) >= 11 is 0. The van der Waals surface area contributed by atoms with Gasteiger partial charge < -0.3 is 0 Å². The largest absolute Gasteiger partial charge is 0.0654 e. The lowest BCUT2D eigenvalue weighted by Crippen LogP contribution is -2.15. The normalized spacial score (nSPS) is 18.8. The Bertz CT molecular complexity index is 762. The molecule has 29 heavy (non-hydrogen) atoms. The maximum absolute atomic E-state index is 3.31. The molecule has 2 aromatic carbocycles. The third-order valence-corrected chi connectivity index (χ3v) is 6.69. The van der Waals surface area contributed by atoms with E-state index in [2.05, 4.69) is 74.2 Å². The molecule has 3 rings (SSSR count). The minimum atomic E-state index is 0.947. The molecule has 1 aliphatic carbocycles. The summed E-state index contributed by atoms with van der Waals surface area (Å²) in [6.07, 6.45) is 15.2. The van der Waals surface area contributed by atoms with Gasteiger partial charge in [0.15, 0.2) is 0 Å². The van der Waals surface area contributed by atoms with Gasteiger partial charge in [-0.15, -0.1) is 0 Å². The van der Waals surface area contributed by atoms with Crippen molar-refractivity contribution in [3.05, 3.63) is 70.8 Å². The Labute approximate surface area is 179 Å². The highest BCUT2D eigenvalue weighted by atomic mass is 14.3. The summed E-state index contributed by atoms with van der Waals surface area (Å²) in [5.41, 5.74) is 5.04. The van der Waals surface area contributed by atoms with Gasteiger partial charge in [-0.25, -0.2) is 0 Å². The van der Waals surface area contributed by atoms with Gasteiger partial charge in [-0.2, -0.15) is 0 Å². The lowest BCUT2D eigenvalue weighted by atomic mass is 9.78. The van der Waals surface area contributed by atoms with Crippen LogP contribution in [-0.4, -0.2) is 0 Å². The van der Waals surface area contributed by atoms with E-state index < -0.39 is 0 Å². The van der Waals surface area contributed by atoms with Gasteiger partial charge in [0, 0.05) is 11.1 Å². The van der Waals surface area contributed by atoms with Crippen LogP contribution in [0, 0.1) is 23.7 Å². The van der Waals surface area contributed by atoms with Crippen molar-refractivity contribution in [3.63, 3.8) is 0 Å². The van der Waals surface area contributed by atoms with Crippen LogP contribution in [0.25, 0.3) is 0 Å². The molecular weight excluding hydrogens is 348 g/mol. The molecule has 0 heterocycles. The van der Waals surface area contributed by atoms with Crippen molar-refractivity contribution in [2.45, 2.75) is 84.5 Å². The van der Waals surface area contributed by atoms with Crippen LogP contribution in [0.2, 0.25) is 0 Å². The average molecular weight is 387 g/mol. The van der Waals surface area contributed by atoms with Crippen molar-refractivity contribution in [1.29, 1.82) is 0 Å². The zero-order valence-electron chi connectivity index (χ0n) is 18.6. The van der Waals surface area contributed by atoms with E-state index in [9.17, 15) is 0 Å². The van der Waals surface area contributed by atoms with E-state index >= 15 is 0 Å². The molecule has 0 atom stereocenters. The van der Waals surface area contributed by atoms with E-state index in [0.717, 1.165) is 29.4 Å². The molecule has 0 N–H and O–H groups in total. The van der Waals surface area contributed by atoms with Gasteiger partial charge in [0.2, 0.25) is 0 Å². The van der Waals surface area contributed by atoms with E-state index in [1.165, 1.54) is 75.3 Å². The fourth-order valence-electron chi connectivity index (χ4n) is 4.59. The Hall–Kier alpha value is -2.00. The molecule has 0 aromatic heterocycles. The summed E-state index contributed by atoms with van der Waals surface area (Å²) in [5, 5.41) is 0. The standard InChI is InChI=1S/C29H38/c1-3-5-6-7-25-12-14-27(15-13-25)18-19-29-22-20-28(21-23-29)17-16-26-10-8-24(4-2)9-11-26/h8-11,20-23,25,27H,3-7,12-15,18-19H2,1-2H3/t25-,27-. The van der Waals surface area contributed by atoms with Gasteiger partial charge in [0.1, 0.15) is 0 Å². The smallest absolute Gasteiger partial charge is 0.0249 e. The van der Waals surface area contributed by atoms with E-state index in [4.69, 9.17) is 0 Å². The fraction of sp³-hybridized carbons (Fsp3) is 0.517. The van der Waals surface area contributed by atoms with Crippen LogP contribution in [0.15, 0.2) is 48.5 Å². The third-order valence-electron chi connectivity index (χ3n) is 6.69. The summed E-state index contributed by atoms with van der Waals surface area (Å²) in [6.45, 7) is 4.49. The molecule has 0 bridgehead atoms. The molecule has 1 saturated carbocycles. The van der Waals surface area contributed by atoms with Crippen molar-refractivity contribution in [1.82, 2.24) is 0 Å². The lowest BCUT2D eigenvalue weighted by molar-refractivity contribution is 0.249. The van der Waals surface area contributed by atoms with Crippen molar-refractivity contribution in [2.24, 2.45) is 11.8 Å². The molecule has 0 saturated heterocycles. The Kier molecular flexibility index (Phi) is 8.88. The van der Waals surface area contributed by atoms with Crippen molar-refractivity contribution in [3.8, 4) is 11.8 Å². The van der Waals surface area contributed by atoms with Crippen LogP contribution in [0.1, 0.15) is 93.9 Å². The van der Waals surface area contributed by atoms with E-state index in [-0.39, 0.29) is 0 Å². The Balaban J connectivity index is 1.41. The first-order chi connectivity index (χ1) is 14.3. The molecule has 0 spiro atoms. The molecule has 154 valence electrons. The number of hydrogen-bond acceptors (Lipinski definition) is 0. The summed E-state index contributed by atoms with van der Waals surface area (Å²) < 4.78 is 0.